The van der Waals surface area contributed by atoms with Gasteiger partial charge >= 0.3 is 5.69 Å². The van der Waals surface area contributed by atoms with Crippen LogP contribution in [0.5, 0.6) is 5.75 Å². The summed E-state index contributed by atoms with van der Waals surface area (Å²) >= 11 is 0. The fourth-order valence-corrected chi connectivity index (χ4v) is 2.94. The molecule has 2 aromatic rings. The van der Waals surface area contributed by atoms with Crippen molar-refractivity contribution in [3.8, 4) is 5.75 Å². The number of aromatic nitrogens is 3. The van der Waals surface area contributed by atoms with E-state index in [-0.39, 0.29) is 11.6 Å². The molecule has 20 heavy (non-hydrogen) atoms. The lowest BCUT2D eigenvalue weighted by molar-refractivity contribution is 0.313. The molecule has 1 atom stereocenters. The van der Waals surface area contributed by atoms with Crippen molar-refractivity contribution in [2.24, 2.45) is 0 Å². The maximum absolute atomic E-state index is 12.3. The Hall–Kier alpha value is -2.08. The molecule has 0 saturated heterocycles. The minimum atomic E-state index is -0.00844. The van der Waals surface area contributed by atoms with Gasteiger partial charge in [-0.2, -0.15) is 5.10 Å². The van der Waals surface area contributed by atoms with Gasteiger partial charge in [-0.1, -0.05) is 18.2 Å². The van der Waals surface area contributed by atoms with Crippen LogP contribution in [0.15, 0.2) is 29.1 Å². The number of fused-ring (bicyclic) bond motifs is 2. The van der Waals surface area contributed by atoms with Gasteiger partial charge in [-0.3, -0.25) is 4.57 Å². The molecule has 1 aromatic heterocycles. The van der Waals surface area contributed by atoms with Gasteiger partial charge < -0.3 is 10.1 Å². The first kappa shape index (κ1) is 11.7. The molecule has 2 aliphatic heterocycles. The Bertz CT molecular complexity index is 703. The maximum Gasteiger partial charge on any atom is 0.346 e. The molecule has 0 aliphatic carbocycles. The second-order valence-corrected chi connectivity index (χ2v) is 5.26. The van der Waals surface area contributed by atoms with E-state index in [0.717, 1.165) is 18.1 Å². The van der Waals surface area contributed by atoms with Crippen LogP contribution in [-0.2, 0) is 19.6 Å². The number of para-hydroxylation sites is 1. The quantitative estimate of drug-likeness (QED) is 0.855. The molecule has 0 bridgehead atoms. The van der Waals surface area contributed by atoms with Gasteiger partial charge in [-0.05, 0) is 6.07 Å². The van der Waals surface area contributed by atoms with Crippen molar-refractivity contribution < 1.29 is 4.74 Å². The molecular formula is C14H16N4O2. The van der Waals surface area contributed by atoms with E-state index < -0.39 is 0 Å². The second-order valence-electron chi connectivity index (χ2n) is 5.26. The first-order valence-electron chi connectivity index (χ1n) is 6.92. The zero-order valence-corrected chi connectivity index (χ0v) is 11.1. The summed E-state index contributed by atoms with van der Waals surface area (Å²) in [6.45, 7) is 3.39. The summed E-state index contributed by atoms with van der Waals surface area (Å²) in [4.78, 5) is 12.3. The Labute approximate surface area is 116 Å². The van der Waals surface area contributed by atoms with Gasteiger partial charge in [0.25, 0.3) is 0 Å². The minimum Gasteiger partial charge on any atom is -0.493 e. The molecule has 0 spiro atoms. The van der Waals surface area contributed by atoms with E-state index in [1.807, 2.05) is 18.2 Å². The molecular weight excluding hydrogens is 256 g/mol. The molecule has 1 N–H and O–H groups in total. The number of nitrogens with zero attached hydrogens (tertiary/aromatic N) is 3. The summed E-state index contributed by atoms with van der Waals surface area (Å²) in [5.74, 6) is 1.96. The number of hydrogen-bond donors (Lipinski definition) is 1. The largest absolute Gasteiger partial charge is 0.493 e. The van der Waals surface area contributed by atoms with Crippen LogP contribution in [0, 0.1) is 0 Å². The lowest BCUT2D eigenvalue weighted by atomic mass is 10.0. The van der Waals surface area contributed by atoms with Crippen LogP contribution in [0.1, 0.15) is 17.3 Å². The molecule has 4 rings (SSSR count). The lowest BCUT2D eigenvalue weighted by Gasteiger charge is -2.11. The van der Waals surface area contributed by atoms with Crippen molar-refractivity contribution >= 4 is 0 Å². The molecule has 6 nitrogen and oxygen atoms in total. The standard InChI is InChI=1S/C14H16N4O2/c19-14-17-6-5-15-7-13(17)16-18(14)8-10-9-20-12-4-2-1-3-11(10)12/h1-4,10,15H,5-9H2. The van der Waals surface area contributed by atoms with Crippen LogP contribution in [0.3, 0.4) is 0 Å². The number of ether oxygens (including phenoxy) is 1. The summed E-state index contributed by atoms with van der Waals surface area (Å²) in [6, 6.07) is 8.01. The minimum absolute atomic E-state index is 0.00844. The Morgan fingerprint density at radius 2 is 2.30 bits per heavy atom. The smallest absolute Gasteiger partial charge is 0.346 e. The van der Waals surface area contributed by atoms with Crippen molar-refractivity contribution in [3.63, 3.8) is 0 Å². The second kappa shape index (κ2) is 4.49. The summed E-state index contributed by atoms with van der Waals surface area (Å²) in [5.41, 5.74) is 1.16. The molecule has 1 unspecified atom stereocenters. The first-order valence-corrected chi connectivity index (χ1v) is 6.92. The van der Waals surface area contributed by atoms with E-state index in [2.05, 4.69) is 16.5 Å². The SMILES string of the molecule is O=c1n(CC2COc3ccccc32)nc2n1CCNC2. The Morgan fingerprint density at radius 1 is 1.40 bits per heavy atom. The molecule has 0 saturated carbocycles. The van der Waals surface area contributed by atoms with E-state index in [1.165, 1.54) is 5.56 Å². The third kappa shape index (κ3) is 1.76. The monoisotopic (exact) mass is 272 g/mol. The summed E-state index contributed by atoms with van der Waals surface area (Å²) in [5, 5.41) is 7.67. The van der Waals surface area contributed by atoms with E-state index in [0.29, 0.717) is 26.2 Å². The van der Waals surface area contributed by atoms with Crippen molar-refractivity contribution in [1.29, 1.82) is 0 Å². The lowest BCUT2D eigenvalue weighted by Crippen LogP contribution is -2.34. The third-order valence-electron chi connectivity index (χ3n) is 3.99. The first-order chi connectivity index (χ1) is 9.83. The number of rotatable bonds is 2. The highest BCUT2D eigenvalue weighted by Gasteiger charge is 2.26. The Kier molecular flexibility index (Phi) is 2.63. The summed E-state index contributed by atoms with van der Waals surface area (Å²) < 4.78 is 9.01. The Balaban J connectivity index is 1.65. The topological polar surface area (TPSA) is 61.1 Å². The van der Waals surface area contributed by atoms with Crippen molar-refractivity contribution in [2.75, 3.05) is 13.2 Å². The number of nitrogens with one attached hydrogen (secondary N) is 1. The predicted octanol–water partition coefficient (Wildman–Crippen LogP) is 0.324. The van der Waals surface area contributed by atoms with E-state index in [1.54, 1.807) is 9.25 Å². The fourth-order valence-electron chi connectivity index (χ4n) is 2.94. The highest BCUT2D eigenvalue weighted by molar-refractivity contribution is 5.39. The van der Waals surface area contributed by atoms with Crippen LogP contribution >= 0.6 is 0 Å². The van der Waals surface area contributed by atoms with Gasteiger partial charge in [-0.25, -0.2) is 9.48 Å². The number of benzene rings is 1. The average molecular weight is 272 g/mol. The highest BCUT2D eigenvalue weighted by atomic mass is 16.5. The summed E-state index contributed by atoms with van der Waals surface area (Å²) in [6.07, 6.45) is 0. The van der Waals surface area contributed by atoms with E-state index in [9.17, 15) is 4.79 Å². The van der Waals surface area contributed by atoms with Gasteiger partial charge in [0.1, 0.15) is 11.6 Å². The number of hydrogen-bond acceptors (Lipinski definition) is 4. The highest BCUT2D eigenvalue weighted by Crippen LogP contribution is 2.33. The molecule has 0 radical (unpaired) electrons. The van der Waals surface area contributed by atoms with Crippen LogP contribution in [0.4, 0.5) is 0 Å². The van der Waals surface area contributed by atoms with Crippen LogP contribution in [0.2, 0.25) is 0 Å². The third-order valence-corrected chi connectivity index (χ3v) is 3.99. The fraction of sp³-hybridized carbons (Fsp3) is 0.429. The van der Waals surface area contributed by atoms with Crippen molar-refractivity contribution in [3.05, 3.63) is 46.1 Å². The normalized spacial score (nSPS) is 20.3. The molecule has 2 aliphatic rings. The zero-order chi connectivity index (χ0) is 13.5. The van der Waals surface area contributed by atoms with Gasteiger partial charge in [-0.15, -0.1) is 0 Å². The molecule has 0 fully saturated rings. The molecule has 3 heterocycles. The van der Waals surface area contributed by atoms with Gasteiger partial charge in [0.2, 0.25) is 0 Å². The molecule has 0 amide bonds. The van der Waals surface area contributed by atoms with E-state index >= 15 is 0 Å². The molecule has 104 valence electrons. The molecule has 1 aromatic carbocycles. The van der Waals surface area contributed by atoms with Crippen LogP contribution < -0.4 is 15.7 Å². The zero-order valence-electron chi connectivity index (χ0n) is 11.1. The van der Waals surface area contributed by atoms with Crippen molar-refractivity contribution in [1.82, 2.24) is 19.7 Å². The Morgan fingerprint density at radius 3 is 3.20 bits per heavy atom. The van der Waals surface area contributed by atoms with Crippen molar-refractivity contribution in [2.45, 2.75) is 25.6 Å². The van der Waals surface area contributed by atoms with Gasteiger partial charge in [0, 0.05) is 24.6 Å². The van der Waals surface area contributed by atoms with Crippen LogP contribution in [-0.4, -0.2) is 27.5 Å². The average Bonchev–Trinajstić information content (AvgIpc) is 3.03. The summed E-state index contributed by atoms with van der Waals surface area (Å²) in [7, 11) is 0. The molecule has 6 heteroatoms. The van der Waals surface area contributed by atoms with Crippen LogP contribution in [0.25, 0.3) is 0 Å². The van der Waals surface area contributed by atoms with Gasteiger partial charge in [0.15, 0.2) is 0 Å². The van der Waals surface area contributed by atoms with Gasteiger partial charge in [0.05, 0.1) is 19.7 Å². The van der Waals surface area contributed by atoms with E-state index in [4.69, 9.17) is 4.74 Å². The maximum atomic E-state index is 12.3. The predicted molar refractivity (Wildman–Crippen MR) is 72.9 cm³/mol.